The number of carbonyl (C=O) groups is 1. The highest BCUT2D eigenvalue weighted by Gasteiger charge is 2.43. The van der Waals surface area contributed by atoms with Crippen molar-refractivity contribution < 1.29 is 19.0 Å². The number of hydrogen-bond acceptors (Lipinski definition) is 6. The quantitative estimate of drug-likeness (QED) is 0.445. The number of benzene rings is 1. The van der Waals surface area contributed by atoms with Crippen LogP contribution in [0.4, 0.5) is 0 Å². The summed E-state index contributed by atoms with van der Waals surface area (Å²) in [6.07, 6.45) is 2.52. The Bertz CT molecular complexity index is 973. The van der Waals surface area contributed by atoms with Crippen LogP contribution in [0.5, 0.6) is 11.5 Å². The summed E-state index contributed by atoms with van der Waals surface area (Å²) in [7, 11) is 0. The van der Waals surface area contributed by atoms with Gasteiger partial charge in [0.25, 0.3) is 0 Å². The van der Waals surface area contributed by atoms with Crippen LogP contribution in [0, 0.1) is 6.92 Å². The van der Waals surface area contributed by atoms with Crippen molar-refractivity contribution in [3.05, 3.63) is 44.1 Å². The van der Waals surface area contributed by atoms with Gasteiger partial charge in [-0.3, -0.25) is 4.79 Å². The molecule has 0 amide bonds. The molecule has 0 bridgehead atoms. The molecule has 7 heteroatoms. The first-order valence-corrected chi connectivity index (χ1v) is 12.9. The van der Waals surface area contributed by atoms with E-state index in [1.54, 1.807) is 11.3 Å². The maximum atomic E-state index is 12.0. The van der Waals surface area contributed by atoms with E-state index < -0.39 is 5.60 Å². The molecule has 1 aromatic heterocycles. The Labute approximate surface area is 203 Å². The van der Waals surface area contributed by atoms with Gasteiger partial charge in [-0.1, -0.05) is 6.07 Å². The van der Waals surface area contributed by atoms with Crippen molar-refractivity contribution in [2.45, 2.75) is 64.6 Å². The van der Waals surface area contributed by atoms with E-state index in [0.717, 1.165) is 55.1 Å². The largest absolute Gasteiger partial charge is 0.492 e. The Kier molecular flexibility index (Phi) is 6.89. The molecule has 0 atom stereocenters. The average Bonchev–Trinajstić information content (AvgIpc) is 3.25. The molecule has 0 aliphatic carbocycles. The number of hydrogen-bond donors (Lipinski definition) is 0. The van der Waals surface area contributed by atoms with Gasteiger partial charge in [-0.05, 0) is 81.2 Å². The van der Waals surface area contributed by atoms with E-state index in [4.69, 9.17) is 14.2 Å². The van der Waals surface area contributed by atoms with Crippen molar-refractivity contribution in [2.75, 3.05) is 26.2 Å². The second-order valence-electron chi connectivity index (χ2n) is 9.83. The Morgan fingerprint density at radius 1 is 1.28 bits per heavy atom. The van der Waals surface area contributed by atoms with Gasteiger partial charge in [0.15, 0.2) is 0 Å². The van der Waals surface area contributed by atoms with Crippen LogP contribution in [0.1, 0.15) is 56.0 Å². The highest BCUT2D eigenvalue weighted by molar-refractivity contribution is 9.10. The van der Waals surface area contributed by atoms with Crippen LogP contribution >= 0.6 is 27.3 Å². The number of piperidine rings is 1. The summed E-state index contributed by atoms with van der Waals surface area (Å²) in [6.45, 7) is 11.8. The minimum atomic E-state index is -0.421. The molecule has 1 fully saturated rings. The van der Waals surface area contributed by atoms with Gasteiger partial charge in [0.05, 0.1) is 13.0 Å². The average molecular weight is 523 g/mol. The molecule has 32 heavy (non-hydrogen) atoms. The number of halogens is 1. The van der Waals surface area contributed by atoms with Gasteiger partial charge >= 0.3 is 5.97 Å². The first kappa shape index (κ1) is 23.6. The number of fused-ring (bicyclic) bond motifs is 2. The van der Waals surface area contributed by atoms with Gasteiger partial charge in [-0.15, -0.1) is 11.3 Å². The van der Waals surface area contributed by atoms with Crippen LogP contribution < -0.4 is 9.47 Å². The number of ether oxygens (including phenoxy) is 3. The van der Waals surface area contributed by atoms with Crippen molar-refractivity contribution in [3.8, 4) is 11.5 Å². The highest BCUT2D eigenvalue weighted by atomic mass is 79.9. The molecule has 0 N–H and O–H groups in total. The van der Waals surface area contributed by atoms with Crippen LogP contribution in [0.25, 0.3) is 0 Å². The highest BCUT2D eigenvalue weighted by Crippen LogP contribution is 2.46. The van der Waals surface area contributed by atoms with Gasteiger partial charge in [-0.2, -0.15) is 0 Å². The summed E-state index contributed by atoms with van der Waals surface area (Å²) in [4.78, 5) is 15.6. The van der Waals surface area contributed by atoms with Crippen molar-refractivity contribution in [1.29, 1.82) is 0 Å². The number of esters is 1. The maximum absolute atomic E-state index is 12.0. The van der Waals surface area contributed by atoms with E-state index in [0.29, 0.717) is 13.0 Å². The lowest BCUT2D eigenvalue weighted by molar-refractivity contribution is -0.155. The molecule has 3 heterocycles. The molecule has 2 aliphatic heterocycles. The summed E-state index contributed by atoms with van der Waals surface area (Å²) in [6, 6.07) is 6.30. The van der Waals surface area contributed by atoms with Gasteiger partial charge in [-0.25, -0.2) is 0 Å². The predicted octanol–water partition coefficient (Wildman–Crippen LogP) is 5.86. The van der Waals surface area contributed by atoms with E-state index in [9.17, 15) is 4.79 Å². The molecule has 1 aromatic carbocycles. The molecule has 1 saturated heterocycles. The molecular weight excluding hydrogens is 490 g/mol. The maximum Gasteiger partial charge on any atom is 0.307 e. The SMILES string of the molecule is Cc1c(Br)csc1COc1ccc2c(c1)OCC21CCN(CCC(=O)OC(C)(C)C)CC1. The van der Waals surface area contributed by atoms with Gasteiger partial charge in [0.2, 0.25) is 0 Å². The summed E-state index contributed by atoms with van der Waals surface area (Å²) in [5.41, 5.74) is 2.19. The molecule has 2 aromatic rings. The Morgan fingerprint density at radius 3 is 2.69 bits per heavy atom. The molecule has 1 spiro atoms. The molecule has 0 saturated carbocycles. The second kappa shape index (κ2) is 9.35. The molecule has 2 aliphatic rings. The van der Waals surface area contributed by atoms with Crippen molar-refractivity contribution in [3.63, 3.8) is 0 Å². The lowest BCUT2D eigenvalue weighted by Crippen LogP contribution is -2.44. The number of carbonyl (C=O) groups excluding carboxylic acids is 1. The Hall–Kier alpha value is -1.57. The fourth-order valence-electron chi connectivity index (χ4n) is 4.43. The molecule has 0 radical (unpaired) electrons. The third-order valence-corrected chi connectivity index (χ3v) is 8.53. The first-order valence-electron chi connectivity index (χ1n) is 11.2. The number of nitrogens with zero attached hydrogens (tertiary/aromatic N) is 1. The van der Waals surface area contributed by atoms with E-state index in [-0.39, 0.29) is 11.4 Å². The summed E-state index contributed by atoms with van der Waals surface area (Å²) >= 11 is 5.27. The first-order chi connectivity index (χ1) is 15.2. The molecule has 0 unspecified atom stereocenters. The Morgan fingerprint density at radius 2 is 2.03 bits per heavy atom. The molecule has 4 rings (SSSR count). The number of thiophene rings is 1. The van der Waals surface area contributed by atoms with Crippen LogP contribution in [-0.4, -0.2) is 42.7 Å². The summed E-state index contributed by atoms with van der Waals surface area (Å²) in [5.74, 6) is 1.68. The van der Waals surface area contributed by atoms with E-state index in [1.165, 1.54) is 16.0 Å². The van der Waals surface area contributed by atoms with Crippen LogP contribution in [0.2, 0.25) is 0 Å². The van der Waals surface area contributed by atoms with Crippen LogP contribution in [0.15, 0.2) is 28.1 Å². The minimum Gasteiger partial charge on any atom is -0.492 e. The lowest BCUT2D eigenvalue weighted by Gasteiger charge is -2.38. The lowest BCUT2D eigenvalue weighted by atomic mass is 9.74. The van der Waals surface area contributed by atoms with Crippen LogP contribution in [0.3, 0.4) is 0 Å². The third kappa shape index (κ3) is 5.32. The molecule has 174 valence electrons. The summed E-state index contributed by atoms with van der Waals surface area (Å²) < 4.78 is 18.7. The second-order valence-corrected chi connectivity index (χ2v) is 11.6. The standard InChI is InChI=1S/C25H32BrNO4S/c1-17-20(26)15-32-22(17)14-29-18-5-6-19-21(13-18)30-16-25(19)8-11-27(12-9-25)10-7-23(28)31-24(2,3)4/h5-6,13,15H,7-12,14,16H2,1-4H3. The van der Waals surface area contributed by atoms with E-state index in [2.05, 4.69) is 45.3 Å². The van der Waals surface area contributed by atoms with Crippen molar-refractivity contribution in [1.82, 2.24) is 4.90 Å². The molecule has 5 nitrogen and oxygen atoms in total. The fourth-order valence-corrected chi connectivity index (χ4v) is 5.92. The zero-order valence-corrected chi connectivity index (χ0v) is 21.7. The zero-order chi connectivity index (χ0) is 22.9. The normalized spacial score (nSPS) is 17.8. The molecular formula is C25H32BrNO4S. The zero-order valence-electron chi connectivity index (χ0n) is 19.3. The van der Waals surface area contributed by atoms with Crippen molar-refractivity contribution >= 4 is 33.2 Å². The fraction of sp³-hybridized carbons (Fsp3) is 0.560. The predicted molar refractivity (Wildman–Crippen MR) is 131 cm³/mol. The van der Waals surface area contributed by atoms with Gasteiger partial charge in [0.1, 0.15) is 23.7 Å². The smallest absolute Gasteiger partial charge is 0.307 e. The van der Waals surface area contributed by atoms with Crippen molar-refractivity contribution in [2.24, 2.45) is 0 Å². The monoisotopic (exact) mass is 521 g/mol. The Balaban J connectivity index is 1.32. The number of rotatable bonds is 6. The third-order valence-electron chi connectivity index (χ3n) is 6.34. The van der Waals surface area contributed by atoms with Gasteiger partial charge < -0.3 is 19.1 Å². The van der Waals surface area contributed by atoms with Crippen LogP contribution in [-0.2, 0) is 21.6 Å². The van der Waals surface area contributed by atoms with Gasteiger partial charge in [0, 0.05) is 38.3 Å². The van der Waals surface area contributed by atoms with E-state index >= 15 is 0 Å². The number of likely N-dealkylation sites (tertiary alicyclic amines) is 1. The minimum absolute atomic E-state index is 0.0749. The van der Waals surface area contributed by atoms with E-state index in [1.807, 2.05) is 26.8 Å². The summed E-state index contributed by atoms with van der Waals surface area (Å²) in [5, 5.41) is 2.10. The topological polar surface area (TPSA) is 48.0 Å².